The van der Waals surface area contributed by atoms with Gasteiger partial charge in [-0.2, -0.15) is 5.10 Å². The van der Waals surface area contributed by atoms with Crippen LogP contribution in [0.25, 0.3) is 0 Å². The molecule has 0 bridgehead atoms. The first-order chi connectivity index (χ1) is 12.7. The lowest BCUT2D eigenvalue weighted by Gasteiger charge is -2.25. The van der Waals surface area contributed by atoms with Gasteiger partial charge in [-0.05, 0) is 72.3 Å². The van der Waals surface area contributed by atoms with Gasteiger partial charge in [-0.1, -0.05) is 0 Å². The van der Waals surface area contributed by atoms with Crippen LogP contribution in [0.1, 0.15) is 66.7 Å². The lowest BCUT2D eigenvalue weighted by Crippen LogP contribution is -2.33. The highest BCUT2D eigenvalue weighted by atomic mass is 16.6. The Hall–Kier alpha value is -2.05. The molecule has 0 spiro atoms. The molecule has 0 radical (unpaired) electrons. The van der Waals surface area contributed by atoms with E-state index in [4.69, 9.17) is 9.47 Å². The molecule has 0 aromatic carbocycles. The summed E-state index contributed by atoms with van der Waals surface area (Å²) in [5.74, 6) is -0.865. The number of nitrogens with zero attached hydrogens (tertiary/aromatic N) is 2. The van der Waals surface area contributed by atoms with Gasteiger partial charge >= 0.3 is 12.1 Å². The lowest BCUT2D eigenvalue weighted by atomic mass is 9.93. The van der Waals surface area contributed by atoms with Crippen LogP contribution in [0.15, 0.2) is 16.4 Å². The minimum atomic E-state index is -0.635. The maximum absolute atomic E-state index is 12.7. The van der Waals surface area contributed by atoms with Gasteiger partial charge in [0.05, 0.1) is 12.3 Å². The monoisotopic (exact) mass is 379 g/mol. The molecule has 0 aromatic rings. The van der Waals surface area contributed by atoms with E-state index in [0.717, 1.165) is 37.9 Å². The third-order valence-electron chi connectivity index (χ3n) is 4.73. The number of allylic oxidation sites excluding steroid dienone is 1. The van der Waals surface area contributed by atoms with Crippen LogP contribution in [0, 0.1) is 5.92 Å². The molecule has 1 N–H and O–H groups in total. The van der Waals surface area contributed by atoms with Crippen molar-refractivity contribution < 1.29 is 19.1 Å². The zero-order chi connectivity index (χ0) is 20.0. The molecule has 1 saturated heterocycles. The largest absolute Gasteiger partial charge is 0.465 e. The molecular weight excluding hydrogens is 346 g/mol. The van der Waals surface area contributed by atoms with Gasteiger partial charge < -0.3 is 14.4 Å². The average Bonchev–Trinajstić information content (AvgIpc) is 3.22. The van der Waals surface area contributed by atoms with Crippen LogP contribution in [-0.2, 0) is 14.3 Å². The number of hydrogen-bond acceptors (Lipinski definition) is 6. The zero-order valence-electron chi connectivity index (χ0n) is 17.3. The smallest absolute Gasteiger partial charge is 0.428 e. The number of carbonyl (C=O) groups is 2. The SMILES string of the molecule is CCOC(=O)C(C1=C(N2CCCC2)CCC1)/C(C)=N/NC(=O)OC(C)(C)C. The van der Waals surface area contributed by atoms with Crippen molar-refractivity contribution in [3.8, 4) is 0 Å². The second-order valence-electron chi connectivity index (χ2n) is 8.07. The van der Waals surface area contributed by atoms with E-state index in [1.807, 2.05) is 0 Å². The zero-order valence-corrected chi connectivity index (χ0v) is 17.3. The molecule has 2 rings (SSSR count). The molecule has 2 aliphatic rings. The Labute approximate surface area is 162 Å². The quantitative estimate of drug-likeness (QED) is 0.433. The number of nitrogens with one attached hydrogen (secondary N) is 1. The molecule has 152 valence electrons. The van der Waals surface area contributed by atoms with Crippen LogP contribution in [0.4, 0.5) is 4.79 Å². The van der Waals surface area contributed by atoms with Crippen LogP contribution in [0.3, 0.4) is 0 Å². The number of likely N-dealkylation sites (tertiary alicyclic amines) is 1. The average molecular weight is 380 g/mol. The van der Waals surface area contributed by atoms with Crippen molar-refractivity contribution in [2.45, 2.75) is 72.3 Å². The summed E-state index contributed by atoms with van der Waals surface area (Å²) < 4.78 is 10.5. The van der Waals surface area contributed by atoms with E-state index in [1.54, 1.807) is 34.6 Å². The lowest BCUT2D eigenvalue weighted by molar-refractivity contribution is -0.144. The summed E-state index contributed by atoms with van der Waals surface area (Å²) in [5.41, 5.74) is 4.67. The molecule has 0 saturated carbocycles. The molecule has 7 nitrogen and oxygen atoms in total. The van der Waals surface area contributed by atoms with Gasteiger partial charge in [-0.3, -0.25) is 4.79 Å². The Morgan fingerprint density at radius 1 is 1.19 bits per heavy atom. The van der Waals surface area contributed by atoms with E-state index in [-0.39, 0.29) is 5.97 Å². The Morgan fingerprint density at radius 3 is 2.44 bits per heavy atom. The first-order valence-corrected chi connectivity index (χ1v) is 9.89. The highest BCUT2D eigenvalue weighted by Crippen LogP contribution is 2.36. The van der Waals surface area contributed by atoms with Gasteiger partial charge in [-0.15, -0.1) is 0 Å². The third kappa shape index (κ3) is 5.97. The van der Waals surface area contributed by atoms with Gasteiger partial charge in [0.15, 0.2) is 0 Å². The summed E-state index contributed by atoms with van der Waals surface area (Å²) in [6.07, 6.45) is 4.61. The highest BCUT2D eigenvalue weighted by Gasteiger charge is 2.34. The van der Waals surface area contributed by atoms with Gasteiger partial charge in [0.1, 0.15) is 11.5 Å². The van der Waals surface area contributed by atoms with Crippen LogP contribution in [-0.4, -0.2) is 48.0 Å². The van der Waals surface area contributed by atoms with E-state index in [2.05, 4.69) is 15.4 Å². The van der Waals surface area contributed by atoms with Crippen LogP contribution in [0.2, 0.25) is 0 Å². The minimum Gasteiger partial charge on any atom is -0.465 e. The topological polar surface area (TPSA) is 80.2 Å². The number of carbonyl (C=O) groups excluding carboxylic acids is 2. The van der Waals surface area contributed by atoms with E-state index in [1.165, 1.54) is 18.5 Å². The van der Waals surface area contributed by atoms with Crippen LogP contribution < -0.4 is 5.43 Å². The Bertz CT molecular complexity index is 613. The number of ether oxygens (including phenoxy) is 2. The molecule has 7 heteroatoms. The fourth-order valence-electron chi connectivity index (χ4n) is 3.70. The third-order valence-corrected chi connectivity index (χ3v) is 4.73. The number of hydrogen-bond donors (Lipinski definition) is 1. The van der Waals surface area contributed by atoms with Crippen molar-refractivity contribution in [3.05, 3.63) is 11.3 Å². The maximum atomic E-state index is 12.7. The highest BCUT2D eigenvalue weighted by molar-refractivity contribution is 6.04. The first kappa shape index (κ1) is 21.3. The molecule has 0 aromatic heterocycles. The van der Waals surface area contributed by atoms with Crippen molar-refractivity contribution >= 4 is 17.8 Å². The van der Waals surface area contributed by atoms with Crippen molar-refractivity contribution in [1.29, 1.82) is 0 Å². The van der Waals surface area contributed by atoms with Gasteiger partial charge in [-0.25, -0.2) is 10.2 Å². The molecule has 1 atom stereocenters. The molecular formula is C20H33N3O4. The van der Waals surface area contributed by atoms with Crippen molar-refractivity contribution in [2.75, 3.05) is 19.7 Å². The van der Waals surface area contributed by atoms with E-state index < -0.39 is 17.6 Å². The summed E-state index contributed by atoms with van der Waals surface area (Å²) in [5, 5.41) is 4.16. The van der Waals surface area contributed by atoms with E-state index in [0.29, 0.717) is 12.3 Å². The van der Waals surface area contributed by atoms with Gasteiger partial charge in [0, 0.05) is 18.8 Å². The van der Waals surface area contributed by atoms with Crippen LogP contribution in [0.5, 0.6) is 0 Å². The predicted octanol–water partition coefficient (Wildman–Crippen LogP) is 3.60. The summed E-state index contributed by atoms with van der Waals surface area (Å²) >= 11 is 0. The number of amides is 1. The minimum absolute atomic E-state index is 0.307. The number of rotatable bonds is 6. The van der Waals surface area contributed by atoms with E-state index in [9.17, 15) is 9.59 Å². The Balaban J connectivity index is 2.23. The molecule has 1 aliphatic carbocycles. The summed E-state index contributed by atoms with van der Waals surface area (Å²) in [6, 6.07) is 0. The fraction of sp³-hybridized carbons (Fsp3) is 0.750. The van der Waals surface area contributed by atoms with Crippen molar-refractivity contribution in [3.63, 3.8) is 0 Å². The normalized spacial score (nSPS) is 19.3. The molecule has 1 heterocycles. The molecule has 1 fully saturated rings. The summed E-state index contributed by atoms with van der Waals surface area (Å²) in [6.45, 7) is 11.3. The second-order valence-corrected chi connectivity index (χ2v) is 8.07. The number of esters is 1. The standard InChI is InChI=1S/C20H33N3O4/c1-6-26-18(24)17(14(2)21-22-19(25)27-20(3,4)5)15-10-9-11-16(15)23-12-7-8-13-23/h17H,6-13H2,1-5H3,(H,22,25)/b21-14+. The molecule has 1 aliphatic heterocycles. The molecule has 1 unspecified atom stereocenters. The second kappa shape index (κ2) is 9.24. The van der Waals surface area contributed by atoms with Gasteiger partial charge in [0.25, 0.3) is 0 Å². The molecule has 27 heavy (non-hydrogen) atoms. The number of hydrazone groups is 1. The maximum Gasteiger partial charge on any atom is 0.428 e. The van der Waals surface area contributed by atoms with Crippen molar-refractivity contribution in [1.82, 2.24) is 10.3 Å². The Morgan fingerprint density at radius 2 is 1.85 bits per heavy atom. The first-order valence-electron chi connectivity index (χ1n) is 9.89. The Kier molecular flexibility index (Phi) is 7.27. The summed E-state index contributed by atoms with van der Waals surface area (Å²) in [7, 11) is 0. The van der Waals surface area contributed by atoms with Crippen LogP contribution >= 0.6 is 0 Å². The summed E-state index contributed by atoms with van der Waals surface area (Å²) in [4.78, 5) is 27.0. The predicted molar refractivity (Wildman–Crippen MR) is 104 cm³/mol. The van der Waals surface area contributed by atoms with Crippen molar-refractivity contribution in [2.24, 2.45) is 11.0 Å². The van der Waals surface area contributed by atoms with Gasteiger partial charge in [0.2, 0.25) is 0 Å². The molecule has 1 amide bonds. The van der Waals surface area contributed by atoms with E-state index >= 15 is 0 Å². The fourth-order valence-corrected chi connectivity index (χ4v) is 3.70.